The van der Waals surface area contributed by atoms with Crippen molar-refractivity contribution in [2.45, 2.75) is 13.0 Å². The van der Waals surface area contributed by atoms with Crippen LogP contribution in [0.4, 0.5) is 5.69 Å². The number of carbonyl (C=O) groups is 2. The molecule has 0 aliphatic rings. The van der Waals surface area contributed by atoms with Crippen molar-refractivity contribution >= 4 is 40.4 Å². The average Bonchev–Trinajstić information content (AvgIpc) is 3.05. The third-order valence-electron chi connectivity index (χ3n) is 3.67. The number of halogens is 1. The molecule has 128 valence electrons. The molecule has 1 aromatic heterocycles. The van der Waals surface area contributed by atoms with Crippen molar-refractivity contribution in [3.05, 3.63) is 51.2 Å². The first-order valence-electron chi connectivity index (χ1n) is 7.44. The molecule has 0 fully saturated rings. The fourth-order valence-electron chi connectivity index (χ4n) is 2.21. The van der Waals surface area contributed by atoms with Gasteiger partial charge in [0, 0.05) is 22.1 Å². The normalized spacial score (nSPS) is 12.0. The number of nitrogens with one attached hydrogen (secondary N) is 2. The Morgan fingerprint density at radius 3 is 2.58 bits per heavy atom. The Morgan fingerprint density at radius 2 is 1.96 bits per heavy atom. The van der Waals surface area contributed by atoms with Crippen molar-refractivity contribution in [1.82, 2.24) is 10.2 Å². The van der Waals surface area contributed by atoms with Crippen LogP contribution < -0.4 is 10.6 Å². The number of nitrogens with zero attached hydrogens (tertiary/aromatic N) is 1. The number of hydrogen-bond acceptors (Lipinski definition) is 4. The molecule has 5 nitrogen and oxygen atoms in total. The van der Waals surface area contributed by atoms with Crippen LogP contribution in [0.5, 0.6) is 0 Å². The summed E-state index contributed by atoms with van der Waals surface area (Å²) in [5.41, 5.74) is 1.26. The molecule has 2 aromatic rings. The standard InChI is InChI=1S/C17H20ClN3O2S/c1-11-12(18)6-4-7-13(11)20-17(23)16(22)19-10-14(21(2)3)15-8-5-9-24-15/h4-9,14H,10H2,1-3H3,(H,19,22)(H,20,23). The van der Waals surface area contributed by atoms with Crippen LogP contribution in [0.1, 0.15) is 16.5 Å². The Balaban J connectivity index is 1.96. The molecule has 1 unspecified atom stereocenters. The van der Waals surface area contributed by atoms with E-state index in [1.807, 2.05) is 36.5 Å². The zero-order valence-corrected chi connectivity index (χ0v) is 15.4. The smallest absolute Gasteiger partial charge is 0.313 e. The van der Waals surface area contributed by atoms with Gasteiger partial charge in [0.2, 0.25) is 0 Å². The Hall–Kier alpha value is -1.89. The molecular formula is C17H20ClN3O2S. The summed E-state index contributed by atoms with van der Waals surface area (Å²) in [7, 11) is 3.87. The van der Waals surface area contributed by atoms with E-state index in [9.17, 15) is 9.59 Å². The van der Waals surface area contributed by atoms with Gasteiger partial charge in [-0.05, 0) is 50.2 Å². The number of anilines is 1. The second-order valence-electron chi connectivity index (χ2n) is 5.57. The van der Waals surface area contributed by atoms with E-state index in [0.29, 0.717) is 17.3 Å². The minimum Gasteiger partial charge on any atom is -0.346 e. The lowest BCUT2D eigenvalue weighted by molar-refractivity contribution is -0.136. The fraction of sp³-hybridized carbons (Fsp3) is 0.294. The van der Waals surface area contributed by atoms with Crippen LogP contribution >= 0.6 is 22.9 Å². The number of benzene rings is 1. The number of rotatable bonds is 5. The van der Waals surface area contributed by atoms with Gasteiger partial charge in [0.05, 0.1) is 6.04 Å². The third-order valence-corrected chi connectivity index (χ3v) is 5.06. The van der Waals surface area contributed by atoms with Crippen LogP contribution in [-0.2, 0) is 9.59 Å². The van der Waals surface area contributed by atoms with E-state index >= 15 is 0 Å². The summed E-state index contributed by atoms with van der Waals surface area (Å²) in [6, 6.07) is 9.16. The van der Waals surface area contributed by atoms with Crippen molar-refractivity contribution in [3.63, 3.8) is 0 Å². The van der Waals surface area contributed by atoms with E-state index in [4.69, 9.17) is 11.6 Å². The molecule has 0 radical (unpaired) electrons. The van der Waals surface area contributed by atoms with Gasteiger partial charge in [-0.1, -0.05) is 23.7 Å². The maximum absolute atomic E-state index is 12.1. The van der Waals surface area contributed by atoms with E-state index in [1.165, 1.54) is 0 Å². The lowest BCUT2D eigenvalue weighted by atomic mass is 10.2. The van der Waals surface area contributed by atoms with E-state index in [-0.39, 0.29) is 6.04 Å². The van der Waals surface area contributed by atoms with Gasteiger partial charge in [-0.2, -0.15) is 0 Å². The van der Waals surface area contributed by atoms with Crippen LogP contribution in [0.25, 0.3) is 0 Å². The van der Waals surface area contributed by atoms with Gasteiger partial charge < -0.3 is 15.5 Å². The van der Waals surface area contributed by atoms with Crippen molar-refractivity contribution in [3.8, 4) is 0 Å². The molecule has 0 saturated heterocycles. The molecule has 24 heavy (non-hydrogen) atoms. The third kappa shape index (κ3) is 4.56. The number of hydrogen-bond donors (Lipinski definition) is 2. The molecule has 7 heteroatoms. The second-order valence-corrected chi connectivity index (χ2v) is 6.96. The Bertz CT molecular complexity index is 717. The summed E-state index contributed by atoms with van der Waals surface area (Å²) >= 11 is 7.63. The van der Waals surface area contributed by atoms with Crippen LogP contribution in [-0.4, -0.2) is 37.4 Å². The van der Waals surface area contributed by atoms with Gasteiger partial charge in [-0.15, -0.1) is 11.3 Å². The molecule has 2 N–H and O–H groups in total. The minimum absolute atomic E-state index is 0.0228. The summed E-state index contributed by atoms with van der Waals surface area (Å²) in [6.07, 6.45) is 0. The lowest BCUT2D eigenvalue weighted by Gasteiger charge is -2.23. The largest absolute Gasteiger partial charge is 0.346 e. The van der Waals surface area contributed by atoms with Crippen LogP contribution in [0.3, 0.4) is 0 Å². The maximum atomic E-state index is 12.1. The van der Waals surface area contributed by atoms with E-state index < -0.39 is 11.8 Å². The Kier molecular flexibility index (Phi) is 6.36. The van der Waals surface area contributed by atoms with Crippen molar-refractivity contribution in [2.24, 2.45) is 0 Å². The van der Waals surface area contributed by atoms with Crippen molar-refractivity contribution < 1.29 is 9.59 Å². The van der Waals surface area contributed by atoms with Crippen LogP contribution in [0.2, 0.25) is 5.02 Å². The highest BCUT2D eigenvalue weighted by Gasteiger charge is 2.20. The van der Waals surface area contributed by atoms with Gasteiger partial charge in [-0.3, -0.25) is 9.59 Å². The van der Waals surface area contributed by atoms with Gasteiger partial charge in [0.15, 0.2) is 0 Å². The first-order valence-corrected chi connectivity index (χ1v) is 8.70. The first-order chi connectivity index (χ1) is 11.4. The zero-order valence-electron chi connectivity index (χ0n) is 13.8. The number of likely N-dealkylation sites (N-methyl/N-ethyl adjacent to an activating group) is 1. The first kappa shape index (κ1) is 18.4. The zero-order chi connectivity index (χ0) is 17.7. The van der Waals surface area contributed by atoms with Crippen LogP contribution in [0.15, 0.2) is 35.7 Å². The molecule has 0 aliphatic heterocycles. The molecule has 1 atom stereocenters. The quantitative estimate of drug-likeness (QED) is 0.800. The highest BCUT2D eigenvalue weighted by Crippen LogP contribution is 2.23. The maximum Gasteiger partial charge on any atom is 0.313 e. The van der Waals surface area contributed by atoms with Gasteiger partial charge in [0.1, 0.15) is 0 Å². The summed E-state index contributed by atoms with van der Waals surface area (Å²) in [4.78, 5) is 27.3. The van der Waals surface area contributed by atoms with E-state index in [0.717, 1.165) is 10.4 Å². The molecule has 0 aliphatic carbocycles. The monoisotopic (exact) mass is 365 g/mol. The average molecular weight is 366 g/mol. The summed E-state index contributed by atoms with van der Waals surface area (Å²) in [6.45, 7) is 2.14. The van der Waals surface area contributed by atoms with Gasteiger partial charge in [0.25, 0.3) is 0 Å². The van der Waals surface area contributed by atoms with Gasteiger partial charge in [-0.25, -0.2) is 0 Å². The van der Waals surface area contributed by atoms with Gasteiger partial charge >= 0.3 is 11.8 Å². The van der Waals surface area contributed by atoms with Crippen molar-refractivity contribution in [2.75, 3.05) is 26.0 Å². The lowest BCUT2D eigenvalue weighted by Crippen LogP contribution is -2.40. The predicted molar refractivity (Wildman–Crippen MR) is 98.6 cm³/mol. The molecule has 1 aromatic carbocycles. The number of amides is 2. The highest BCUT2D eigenvalue weighted by molar-refractivity contribution is 7.10. The molecule has 2 rings (SSSR count). The number of carbonyl (C=O) groups excluding carboxylic acids is 2. The number of thiophene rings is 1. The Labute approximate surface area is 150 Å². The minimum atomic E-state index is -0.705. The summed E-state index contributed by atoms with van der Waals surface area (Å²) in [5.74, 6) is -1.37. The van der Waals surface area contributed by atoms with E-state index in [1.54, 1.807) is 36.5 Å². The SMILES string of the molecule is Cc1c(Cl)cccc1NC(=O)C(=O)NCC(c1cccs1)N(C)C. The highest BCUT2D eigenvalue weighted by atomic mass is 35.5. The molecule has 0 bridgehead atoms. The summed E-state index contributed by atoms with van der Waals surface area (Å²) < 4.78 is 0. The van der Waals surface area contributed by atoms with E-state index in [2.05, 4.69) is 10.6 Å². The van der Waals surface area contributed by atoms with Crippen LogP contribution in [0, 0.1) is 6.92 Å². The molecule has 0 spiro atoms. The molecule has 2 amide bonds. The summed E-state index contributed by atoms with van der Waals surface area (Å²) in [5, 5.41) is 7.81. The topological polar surface area (TPSA) is 61.4 Å². The molecule has 0 saturated carbocycles. The molecular weight excluding hydrogens is 346 g/mol. The second kappa shape index (κ2) is 8.28. The fourth-order valence-corrected chi connectivity index (χ4v) is 3.31. The Morgan fingerprint density at radius 1 is 1.21 bits per heavy atom. The molecule has 1 heterocycles. The van der Waals surface area contributed by atoms with Crippen molar-refractivity contribution in [1.29, 1.82) is 0 Å². The predicted octanol–water partition coefficient (Wildman–Crippen LogP) is 3.07.